The van der Waals surface area contributed by atoms with Gasteiger partial charge in [0.05, 0.1) is 10.2 Å². The Bertz CT molecular complexity index is 1090. The van der Waals surface area contributed by atoms with Gasteiger partial charge in [-0.15, -0.1) is 10.2 Å². The van der Waals surface area contributed by atoms with Gasteiger partial charge in [0.2, 0.25) is 16.9 Å². The normalized spacial score (nSPS) is 11.5. The molecule has 0 saturated carbocycles. The molecule has 1 aromatic heterocycles. The summed E-state index contributed by atoms with van der Waals surface area (Å²) in [5.74, 6) is -0.446. The van der Waals surface area contributed by atoms with Crippen LogP contribution in [0.2, 0.25) is 0 Å². The molecule has 32 heavy (non-hydrogen) atoms. The summed E-state index contributed by atoms with van der Waals surface area (Å²) in [5.41, 5.74) is 1.34. The summed E-state index contributed by atoms with van der Waals surface area (Å²) in [4.78, 5) is 35.2. The molecule has 0 unspecified atom stereocenters. The Balaban J connectivity index is 1.53. The Morgan fingerprint density at radius 2 is 1.91 bits per heavy atom. The van der Waals surface area contributed by atoms with Crippen molar-refractivity contribution in [3.63, 3.8) is 0 Å². The number of amides is 2. The Kier molecular flexibility index (Phi) is 8.28. The van der Waals surface area contributed by atoms with Crippen molar-refractivity contribution >= 4 is 51.4 Å². The lowest BCUT2D eigenvalue weighted by atomic mass is 10.1. The molecule has 3 rings (SSSR count). The number of non-ortho nitro benzene ring substituents is 1. The number of aryl methyl sites for hydroxylation is 1. The number of carbonyl (C=O) groups is 2. The van der Waals surface area contributed by atoms with Crippen LogP contribution in [-0.2, 0) is 16.0 Å². The SMILES string of the molecule is CC[C@H](Sc1nnc(NC(=O)CCc2ccccc2)s1)C(=O)Nc1cccc([N+](=O)[O-])c1. The summed E-state index contributed by atoms with van der Waals surface area (Å²) in [7, 11) is 0. The summed E-state index contributed by atoms with van der Waals surface area (Å²) in [6.07, 6.45) is 1.47. The second-order valence-corrected chi connectivity index (χ2v) is 9.15. The van der Waals surface area contributed by atoms with E-state index in [0.29, 0.717) is 34.4 Å². The van der Waals surface area contributed by atoms with E-state index in [-0.39, 0.29) is 17.5 Å². The van der Waals surface area contributed by atoms with Gasteiger partial charge in [0.25, 0.3) is 5.69 Å². The van der Waals surface area contributed by atoms with Crippen LogP contribution in [0.5, 0.6) is 0 Å². The second kappa shape index (κ2) is 11.3. The average molecular weight is 472 g/mol. The molecule has 0 bridgehead atoms. The minimum Gasteiger partial charge on any atom is -0.325 e. The number of carbonyl (C=O) groups excluding carboxylic acids is 2. The molecule has 0 saturated heterocycles. The maximum Gasteiger partial charge on any atom is 0.271 e. The number of anilines is 2. The van der Waals surface area contributed by atoms with Crippen molar-refractivity contribution in [2.45, 2.75) is 35.8 Å². The Labute approximate surface area is 192 Å². The highest BCUT2D eigenvalue weighted by Crippen LogP contribution is 2.31. The monoisotopic (exact) mass is 471 g/mol. The number of thioether (sulfide) groups is 1. The molecule has 0 aliphatic rings. The lowest BCUT2D eigenvalue weighted by Gasteiger charge is -2.12. The lowest BCUT2D eigenvalue weighted by Crippen LogP contribution is -2.24. The van der Waals surface area contributed by atoms with E-state index >= 15 is 0 Å². The summed E-state index contributed by atoms with van der Waals surface area (Å²) < 4.78 is 0.546. The van der Waals surface area contributed by atoms with Crippen LogP contribution in [-0.4, -0.2) is 32.2 Å². The third-order valence-electron chi connectivity index (χ3n) is 4.37. The van der Waals surface area contributed by atoms with Crippen LogP contribution in [0.15, 0.2) is 58.9 Å². The van der Waals surface area contributed by atoms with Crippen LogP contribution in [0.3, 0.4) is 0 Å². The molecule has 9 nitrogen and oxygen atoms in total. The molecule has 0 radical (unpaired) electrons. The number of nitrogens with zero attached hydrogens (tertiary/aromatic N) is 3. The van der Waals surface area contributed by atoms with E-state index in [1.165, 1.54) is 41.3 Å². The Morgan fingerprint density at radius 3 is 2.62 bits per heavy atom. The second-order valence-electron chi connectivity index (χ2n) is 6.72. The van der Waals surface area contributed by atoms with E-state index in [9.17, 15) is 19.7 Å². The summed E-state index contributed by atoms with van der Waals surface area (Å²) >= 11 is 2.43. The number of hydrogen-bond donors (Lipinski definition) is 2. The molecule has 0 spiro atoms. The van der Waals surface area contributed by atoms with Gasteiger partial charge in [-0.25, -0.2) is 0 Å². The first-order valence-electron chi connectivity index (χ1n) is 9.84. The molecule has 3 aromatic rings. The molecule has 0 aliphatic heterocycles. The number of rotatable bonds is 10. The molecular formula is C21H21N5O4S2. The largest absolute Gasteiger partial charge is 0.325 e. The van der Waals surface area contributed by atoms with E-state index in [1.807, 2.05) is 37.3 Å². The highest BCUT2D eigenvalue weighted by atomic mass is 32.2. The first-order valence-corrected chi connectivity index (χ1v) is 11.5. The van der Waals surface area contributed by atoms with E-state index in [1.54, 1.807) is 6.07 Å². The fourth-order valence-electron chi connectivity index (χ4n) is 2.76. The Hall–Kier alpha value is -3.31. The van der Waals surface area contributed by atoms with Crippen molar-refractivity contribution < 1.29 is 14.5 Å². The van der Waals surface area contributed by atoms with Crippen molar-refractivity contribution in [1.82, 2.24) is 10.2 Å². The van der Waals surface area contributed by atoms with Gasteiger partial charge in [-0.05, 0) is 24.5 Å². The van der Waals surface area contributed by atoms with Gasteiger partial charge in [0, 0.05) is 24.2 Å². The lowest BCUT2D eigenvalue weighted by molar-refractivity contribution is -0.384. The quantitative estimate of drug-likeness (QED) is 0.192. The third kappa shape index (κ3) is 6.86. The zero-order valence-corrected chi connectivity index (χ0v) is 18.8. The van der Waals surface area contributed by atoms with Crippen LogP contribution in [0.4, 0.5) is 16.5 Å². The summed E-state index contributed by atoms with van der Waals surface area (Å²) in [5, 5.41) is 24.3. The maximum atomic E-state index is 12.6. The Morgan fingerprint density at radius 1 is 1.12 bits per heavy atom. The van der Waals surface area contributed by atoms with Gasteiger partial charge in [-0.1, -0.05) is 66.4 Å². The fraction of sp³-hybridized carbons (Fsp3) is 0.238. The van der Waals surface area contributed by atoms with Crippen molar-refractivity contribution in [1.29, 1.82) is 0 Å². The molecule has 1 atom stereocenters. The number of benzene rings is 2. The van der Waals surface area contributed by atoms with Crippen LogP contribution < -0.4 is 10.6 Å². The van der Waals surface area contributed by atoms with Crippen LogP contribution in [0.1, 0.15) is 25.3 Å². The van der Waals surface area contributed by atoms with Gasteiger partial charge < -0.3 is 10.6 Å². The van der Waals surface area contributed by atoms with Crippen LogP contribution in [0.25, 0.3) is 0 Å². The minimum atomic E-state index is -0.515. The third-order valence-corrected chi connectivity index (χ3v) is 6.65. The van der Waals surface area contributed by atoms with E-state index in [2.05, 4.69) is 20.8 Å². The molecule has 2 N–H and O–H groups in total. The van der Waals surface area contributed by atoms with E-state index in [0.717, 1.165) is 5.56 Å². The topological polar surface area (TPSA) is 127 Å². The highest BCUT2D eigenvalue weighted by molar-refractivity contribution is 8.02. The highest BCUT2D eigenvalue weighted by Gasteiger charge is 2.21. The summed E-state index contributed by atoms with van der Waals surface area (Å²) in [6, 6.07) is 15.5. The molecule has 2 aromatic carbocycles. The molecule has 0 fully saturated rings. The smallest absolute Gasteiger partial charge is 0.271 e. The molecule has 166 valence electrons. The average Bonchev–Trinajstić information content (AvgIpc) is 3.23. The van der Waals surface area contributed by atoms with Gasteiger partial charge >= 0.3 is 0 Å². The molecule has 2 amide bonds. The molecular weight excluding hydrogens is 450 g/mol. The van der Waals surface area contributed by atoms with Crippen molar-refractivity contribution in [3.05, 3.63) is 70.3 Å². The number of nitro groups is 1. The predicted molar refractivity (Wildman–Crippen MR) is 125 cm³/mol. The number of nitrogens with one attached hydrogen (secondary N) is 2. The van der Waals surface area contributed by atoms with Gasteiger partial charge in [-0.3, -0.25) is 19.7 Å². The van der Waals surface area contributed by atoms with Gasteiger partial charge in [-0.2, -0.15) is 0 Å². The number of hydrogen-bond acceptors (Lipinski definition) is 8. The van der Waals surface area contributed by atoms with Crippen molar-refractivity contribution in [3.8, 4) is 0 Å². The van der Waals surface area contributed by atoms with Crippen LogP contribution in [0, 0.1) is 10.1 Å². The minimum absolute atomic E-state index is 0.0970. The standard InChI is InChI=1S/C21H21N5O4S2/c1-2-17(19(28)22-15-9-6-10-16(13-15)26(29)30)31-21-25-24-20(32-21)23-18(27)12-11-14-7-4-3-5-8-14/h3-10,13,17H,2,11-12H2,1H3,(H,22,28)(H,23,24,27)/t17-/m0/s1. The van der Waals surface area contributed by atoms with Gasteiger partial charge in [0.15, 0.2) is 4.34 Å². The fourth-order valence-corrected chi connectivity index (χ4v) is 4.69. The first-order chi connectivity index (χ1) is 15.4. The zero-order valence-electron chi connectivity index (χ0n) is 17.2. The zero-order chi connectivity index (χ0) is 22.9. The van der Waals surface area contributed by atoms with Crippen molar-refractivity contribution in [2.24, 2.45) is 0 Å². The number of aromatic nitrogens is 2. The number of nitro benzene ring substituents is 1. The van der Waals surface area contributed by atoms with Crippen molar-refractivity contribution in [2.75, 3.05) is 10.6 Å². The van der Waals surface area contributed by atoms with Crippen LogP contribution >= 0.6 is 23.1 Å². The van der Waals surface area contributed by atoms with E-state index < -0.39 is 10.2 Å². The maximum absolute atomic E-state index is 12.6. The molecule has 1 heterocycles. The van der Waals surface area contributed by atoms with E-state index in [4.69, 9.17) is 0 Å². The predicted octanol–water partition coefficient (Wildman–Crippen LogP) is 4.53. The molecule has 0 aliphatic carbocycles. The molecule has 11 heteroatoms. The first kappa shape index (κ1) is 23.4. The van der Waals surface area contributed by atoms with Gasteiger partial charge in [0.1, 0.15) is 0 Å². The summed E-state index contributed by atoms with van der Waals surface area (Å²) in [6.45, 7) is 1.86.